The second-order valence-electron chi connectivity index (χ2n) is 6.07. The molecule has 27 heavy (non-hydrogen) atoms. The Morgan fingerprint density at radius 2 is 2.07 bits per heavy atom. The Morgan fingerprint density at radius 3 is 2.74 bits per heavy atom. The van der Waals surface area contributed by atoms with Gasteiger partial charge in [-0.2, -0.15) is 0 Å². The minimum absolute atomic E-state index is 0.105. The van der Waals surface area contributed by atoms with Gasteiger partial charge in [-0.15, -0.1) is 0 Å². The molecule has 0 radical (unpaired) electrons. The molecule has 0 saturated carbocycles. The highest BCUT2D eigenvalue weighted by Gasteiger charge is 2.22. The van der Waals surface area contributed by atoms with Crippen molar-refractivity contribution in [2.45, 2.75) is 13.5 Å². The molecule has 0 unspecified atom stereocenters. The van der Waals surface area contributed by atoms with Gasteiger partial charge in [0.25, 0.3) is 11.5 Å². The van der Waals surface area contributed by atoms with Crippen molar-refractivity contribution in [3.63, 3.8) is 0 Å². The molecule has 2 aromatic heterocycles. The zero-order chi connectivity index (χ0) is 19.6. The Balaban J connectivity index is 1.92. The van der Waals surface area contributed by atoms with Crippen LogP contribution in [0, 0.1) is 6.92 Å². The van der Waals surface area contributed by atoms with Gasteiger partial charge in [0, 0.05) is 24.8 Å². The lowest BCUT2D eigenvalue weighted by atomic mass is 10.1. The minimum Gasteiger partial charge on any atom is -0.501 e. The van der Waals surface area contributed by atoms with Gasteiger partial charge in [0.15, 0.2) is 11.5 Å². The number of halogens is 1. The third-order valence-corrected chi connectivity index (χ3v) is 4.41. The maximum atomic E-state index is 12.8. The van der Waals surface area contributed by atoms with Crippen molar-refractivity contribution in [1.82, 2.24) is 19.9 Å². The van der Waals surface area contributed by atoms with Gasteiger partial charge in [-0.1, -0.05) is 29.8 Å². The first kappa shape index (κ1) is 18.6. The van der Waals surface area contributed by atoms with E-state index in [2.05, 4.69) is 15.0 Å². The van der Waals surface area contributed by atoms with Crippen LogP contribution in [0.4, 0.5) is 0 Å². The van der Waals surface area contributed by atoms with Crippen molar-refractivity contribution in [2.24, 2.45) is 0 Å². The summed E-state index contributed by atoms with van der Waals surface area (Å²) in [6, 6.07) is 10.6. The standard InChI is InChI=1S/C19H17ClN4O3/c1-11-6-7-12(9-13(11)20)10-24(2)19(27)15-16(25)18(26)23-17(22-15)14-5-3-4-8-21-14/h3-9,25H,10H2,1-2H3,(H,22,23,26). The number of nitrogens with one attached hydrogen (secondary N) is 1. The Bertz CT molecular complexity index is 1050. The molecule has 0 fully saturated rings. The highest BCUT2D eigenvalue weighted by molar-refractivity contribution is 6.31. The second-order valence-corrected chi connectivity index (χ2v) is 6.48. The smallest absolute Gasteiger partial charge is 0.294 e. The summed E-state index contributed by atoms with van der Waals surface area (Å²) >= 11 is 6.12. The molecule has 0 bridgehead atoms. The largest absolute Gasteiger partial charge is 0.501 e. The summed E-state index contributed by atoms with van der Waals surface area (Å²) in [6.07, 6.45) is 1.54. The topological polar surface area (TPSA) is 99.2 Å². The van der Waals surface area contributed by atoms with E-state index in [1.54, 1.807) is 31.3 Å². The number of pyridine rings is 1. The van der Waals surface area contributed by atoms with Crippen molar-refractivity contribution in [2.75, 3.05) is 7.05 Å². The van der Waals surface area contributed by atoms with Crippen LogP contribution in [0.1, 0.15) is 21.6 Å². The summed E-state index contributed by atoms with van der Waals surface area (Å²) < 4.78 is 0. The average molecular weight is 385 g/mol. The van der Waals surface area contributed by atoms with Crippen molar-refractivity contribution in [3.8, 4) is 17.3 Å². The lowest BCUT2D eigenvalue weighted by Crippen LogP contribution is -2.29. The molecule has 1 amide bonds. The number of H-pyrrole nitrogens is 1. The van der Waals surface area contributed by atoms with Gasteiger partial charge in [-0.05, 0) is 36.2 Å². The van der Waals surface area contributed by atoms with Crippen molar-refractivity contribution >= 4 is 17.5 Å². The molecule has 0 aliphatic carbocycles. The lowest BCUT2D eigenvalue weighted by Gasteiger charge is -2.18. The Labute approximate surface area is 160 Å². The molecule has 7 nitrogen and oxygen atoms in total. The number of hydrogen-bond donors (Lipinski definition) is 2. The fourth-order valence-corrected chi connectivity index (χ4v) is 2.70. The molecule has 138 valence electrons. The summed E-state index contributed by atoms with van der Waals surface area (Å²) in [5.74, 6) is -1.21. The molecule has 0 spiro atoms. The number of hydrogen-bond acceptors (Lipinski definition) is 5. The van der Waals surface area contributed by atoms with Gasteiger partial charge >= 0.3 is 0 Å². The highest BCUT2D eigenvalue weighted by atomic mass is 35.5. The van der Waals surface area contributed by atoms with Crippen molar-refractivity contribution in [1.29, 1.82) is 0 Å². The lowest BCUT2D eigenvalue weighted by molar-refractivity contribution is 0.0775. The van der Waals surface area contributed by atoms with E-state index in [4.69, 9.17) is 11.6 Å². The monoisotopic (exact) mass is 384 g/mol. The predicted molar refractivity (Wildman–Crippen MR) is 102 cm³/mol. The number of aromatic nitrogens is 3. The molecule has 2 N–H and O–H groups in total. The Kier molecular flexibility index (Phi) is 5.23. The van der Waals surface area contributed by atoms with Crippen LogP contribution < -0.4 is 5.56 Å². The molecule has 0 aliphatic heterocycles. The number of nitrogens with zero attached hydrogens (tertiary/aromatic N) is 3. The fraction of sp³-hybridized carbons (Fsp3) is 0.158. The van der Waals surface area contributed by atoms with E-state index in [1.165, 1.54) is 11.1 Å². The van der Waals surface area contributed by atoms with Crippen molar-refractivity contribution < 1.29 is 9.90 Å². The van der Waals surface area contributed by atoms with Crippen LogP contribution >= 0.6 is 11.6 Å². The number of carbonyl (C=O) groups excluding carboxylic acids is 1. The summed E-state index contributed by atoms with van der Waals surface area (Å²) in [5, 5.41) is 10.6. The summed E-state index contributed by atoms with van der Waals surface area (Å²) in [5.41, 5.74) is 0.997. The summed E-state index contributed by atoms with van der Waals surface area (Å²) in [4.78, 5) is 36.8. The Hall–Kier alpha value is -3.19. The van der Waals surface area contributed by atoms with Crippen LogP contribution in [0.25, 0.3) is 11.5 Å². The van der Waals surface area contributed by atoms with Crippen LogP contribution in [-0.2, 0) is 6.54 Å². The van der Waals surface area contributed by atoms with Gasteiger partial charge < -0.3 is 15.0 Å². The summed E-state index contributed by atoms with van der Waals surface area (Å²) in [7, 11) is 1.55. The third kappa shape index (κ3) is 3.98. The van der Waals surface area contributed by atoms with E-state index in [9.17, 15) is 14.7 Å². The number of amides is 1. The number of aryl methyl sites for hydroxylation is 1. The number of carbonyl (C=O) groups is 1. The normalized spacial score (nSPS) is 10.6. The highest BCUT2D eigenvalue weighted by Crippen LogP contribution is 2.20. The molecule has 0 aliphatic rings. The zero-order valence-corrected chi connectivity index (χ0v) is 15.5. The van der Waals surface area contributed by atoms with Crippen LogP contribution in [-0.4, -0.2) is 37.9 Å². The SMILES string of the molecule is Cc1ccc(CN(C)C(=O)c2nc(-c3ccccn3)[nH]c(=O)c2O)cc1Cl. The molecule has 1 aromatic carbocycles. The molecule has 0 atom stereocenters. The first-order valence-corrected chi connectivity index (χ1v) is 8.50. The van der Waals surface area contributed by atoms with Crippen LogP contribution in [0.15, 0.2) is 47.4 Å². The van der Waals surface area contributed by atoms with Crippen molar-refractivity contribution in [3.05, 3.63) is 74.8 Å². The Morgan fingerprint density at radius 1 is 1.30 bits per heavy atom. The molecule has 3 rings (SSSR count). The van der Waals surface area contributed by atoms with Gasteiger partial charge in [-0.25, -0.2) is 4.98 Å². The zero-order valence-electron chi connectivity index (χ0n) is 14.7. The molecule has 3 aromatic rings. The third-order valence-electron chi connectivity index (χ3n) is 4.01. The fourth-order valence-electron chi connectivity index (χ4n) is 2.50. The predicted octanol–water partition coefficient (Wildman–Crippen LogP) is 2.77. The maximum Gasteiger partial charge on any atom is 0.294 e. The minimum atomic E-state index is -0.805. The van der Waals surface area contributed by atoms with E-state index in [-0.39, 0.29) is 18.1 Å². The van der Waals surface area contributed by atoms with Gasteiger partial charge in [0.2, 0.25) is 5.75 Å². The van der Waals surface area contributed by atoms with Crippen LogP contribution in [0.2, 0.25) is 5.02 Å². The molecular formula is C19H17ClN4O3. The summed E-state index contributed by atoms with van der Waals surface area (Å²) in [6.45, 7) is 2.13. The molecule has 2 heterocycles. The van der Waals surface area contributed by atoms with Gasteiger partial charge in [-0.3, -0.25) is 14.6 Å². The first-order chi connectivity index (χ1) is 12.9. The molecular weight excluding hydrogens is 368 g/mol. The number of aromatic amines is 1. The van der Waals surface area contributed by atoms with E-state index in [1.807, 2.05) is 19.1 Å². The maximum absolute atomic E-state index is 12.8. The van der Waals surface area contributed by atoms with E-state index < -0.39 is 17.2 Å². The first-order valence-electron chi connectivity index (χ1n) is 8.12. The van der Waals surface area contributed by atoms with Crippen LogP contribution in [0.5, 0.6) is 5.75 Å². The van der Waals surface area contributed by atoms with E-state index >= 15 is 0 Å². The average Bonchev–Trinajstić information content (AvgIpc) is 2.67. The van der Waals surface area contributed by atoms with Gasteiger partial charge in [0.1, 0.15) is 5.69 Å². The number of rotatable bonds is 4. The number of benzene rings is 1. The van der Waals surface area contributed by atoms with Gasteiger partial charge in [0.05, 0.1) is 0 Å². The quantitative estimate of drug-likeness (QED) is 0.720. The number of aromatic hydroxyl groups is 1. The molecule has 8 heteroatoms. The molecule has 0 saturated heterocycles. The van der Waals surface area contributed by atoms with E-state index in [0.29, 0.717) is 10.7 Å². The second kappa shape index (κ2) is 7.59. The van der Waals surface area contributed by atoms with Crippen LogP contribution in [0.3, 0.4) is 0 Å². The van der Waals surface area contributed by atoms with E-state index in [0.717, 1.165) is 11.1 Å².